The lowest BCUT2D eigenvalue weighted by molar-refractivity contribution is -0.139. The van der Waals surface area contributed by atoms with Crippen LogP contribution in [0.4, 0.5) is 5.69 Å². The van der Waals surface area contributed by atoms with Gasteiger partial charge >= 0.3 is 0 Å². The Labute approximate surface area is 210 Å². The smallest absolute Gasteiger partial charge is 0.244 e. The van der Waals surface area contributed by atoms with E-state index in [0.29, 0.717) is 18.0 Å². The summed E-state index contributed by atoms with van der Waals surface area (Å²) in [7, 11) is -2.19. The van der Waals surface area contributed by atoms with E-state index < -0.39 is 28.5 Å². The van der Waals surface area contributed by atoms with Crippen molar-refractivity contribution in [3.8, 4) is 5.75 Å². The molecule has 10 heteroatoms. The maximum Gasteiger partial charge on any atom is 0.244 e. The van der Waals surface area contributed by atoms with E-state index in [9.17, 15) is 18.0 Å². The number of ether oxygens (including phenoxy) is 1. The summed E-state index contributed by atoms with van der Waals surface area (Å²) in [6.07, 6.45) is 1.05. The van der Waals surface area contributed by atoms with Gasteiger partial charge in [-0.25, -0.2) is 8.42 Å². The van der Waals surface area contributed by atoms with Crippen LogP contribution < -0.4 is 14.4 Å². The van der Waals surface area contributed by atoms with Crippen LogP contribution in [0.5, 0.6) is 5.75 Å². The third-order valence-electron chi connectivity index (χ3n) is 5.16. The molecular weight excluding hydrogens is 522 g/mol. The third kappa shape index (κ3) is 8.02. The van der Waals surface area contributed by atoms with Gasteiger partial charge in [-0.3, -0.25) is 13.9 Å². The van der Waals surface area contributed by atoms with Crippen molar-refractivity contribution in [1.82, 2.24) is 10.2 Å². The normalized spacial score (nSPS) is 12.2. The van der Waals surface area contributed by atoms with Crippen molar-refractivity contribution in [2.75, 3.05) is 30.8 Å². The molecule has 186 valence electrons. The topological polar surface area (TPSA) is 96.0 Å². The van der Waals surface area contributed by atoms with Crippen LogP contribution in [-0.4, -0.2) is 57.6 Å². The molecule has 0 heterocycles. The Kier molecular flexibility index (Phi) is 9.93. The summed E-state index contributed by atoms with van der Waals surface area (Å²) in [4.78, 5) is 27.7. The molecule has 2 rings (SSSR count). The van der Waals surface area contributed by atoms with E-state index in [1.54, 1.807) is 62.6 Å². The third-order valence-corrected chi connectivity index (χ3v) is 6.83. The number of hydrogen-bond acceptors (Lipinski definition) is 5. The summed E-state index contributed by atoms with van der Waals surface area (Å²) in [5.41, 5.74) is 1.15. The van der Waals surface area contributed by atoms with Gasteiger partial charge in [-0.2, -0.15) is 0 Å². The van der Waals surface area contributed by atoms with Gasteiger partial charge in [0.25, 0.3) is 0 Å². The highest BCUT2D eigenvalue weighted by Crippen LogP contribution is 2.22. The van der Waals surface area contributed by atoms with Crippen LogP contribution in [0.25, 0.3) is 0 Å². The number of rotatable bonds is 11. The van der Waals surface area contributed by atoms with Gasteiger partial charge in [0.15, 0.2) is 0 Å². The monoisotopic (exact) mass is 553 g/mol. The number of amides is 2. The zero-order valence-corrected chi connectivity index (χ0v) is 22.5. The van der Waals surface area contributed by atoms with E-state index in [2.05, 4.69) is 21.2 Å². The van der Waals surface area contributed by atoms with Crippen LogP contribution in [0, 0.1) is 5.92 Å². The molecule has 0 bridgehead atoms. The lowest BCUT2D eigenvalue weighted by atomic mass is 10.1. The molecule has 0 aliphatic heterocycles. The first-order valence-electron chi connectivity index (χ1n) is 10.9. The molecule has 0 aliphatic carbocycles. The predicted octanol–water partition coefficient (Wildman–Crippen LogP) is 3.41. The average Bonchev–Trinajstić information content (AvgIpc) is 2.79. The number of halogens is 1. The van der Waals surface area contributed by atoms with Crippen LogP contribution in [0.15, 0.2) is 53.0 Å². The van der Waals surface area contributed by atoms with E-state index in [1.807, 2.05) is 13.8 Å². The predicted molar refractivity (Wildman–Crippen MR) is 137 cm³/mol. The van der Waals surface area contributed by atoms with Crippen molar-refractivity contribution in [1.29, 1.82) is 0 Å². The molecule has 1 unspecified atom stereocenters. The molecule has 0 saturated carbocycles. The molecule has 34 heavy (non-hydrogen) atoms. The molecular formula is C24H32BrN3O5S. The molecule has 0 saturated heterocycles. The zero-order chi connectivity index (χ0) is 25.5. The molecule has 2 aromatic rings. The van der Waals surface area contributed by atoms with E-state index >= 15 is 0 Å². The molecule has 1 N–H and O–H groups in total. The van der Waals surface area contributed by atoms with Crippen LogP contribution in [-0.2, 0) is 26.2 Å². The number of carbonyl (C=O) groups excluding carboxylic acids is 2. The SMILES string of the molecule is COc1ccc(CN(C(=O)CN(c2ccc(Br)cc2)S(C)(=O)=O)C(C)C(=O)NCC(C)C)cc1. The van der Waals surface area contributed by atoms with Crippen molar-refractivity contribution in [2.24, 2.45) is 5.92 Å². The van der Waals surface area contributed by atoms with E-state index in [4.69, 9.17) is 4.74 Å². The zero-order valence-electron chi connectivity index (χ0n) is 20.1. The van der Waals surface area contributed by atoms with Crippen molar-refractivity contribution < 1.29 is 22.7 Å². The molecule has 0 fully saturated rings. The van der Waals surface area contributed by atoms with Gasteiger partial charge in [0.05, 0.1) is 19.1 Å². The molecule has 0 aromatic heterocycles. The van der Waals surface area contributed by atoms with Gasteiger partial charge in [0.1, 0.15) is 18.3 Å². The van der Waals surface area contributed by atoms with Crippen molar-refractivity contribution >= 4 is 43.5 Å². The fourth-order valence-corrected chi connectivity index (χ4v) is 4.30. The Hall–Kier alpha value is -2.59. The summed E-state index contributed by atoms with van der Waals surface area (Å²) in [5, 5.41) is 2.85. The first kappa shape index (κ1) is 27.7. The molecule has 0 radical (unpaired) electrons. The number of benzene rings is 2. The first-order chi connectivity index (χ1) is 15.9. The van der Waals surface area contributed by atoms with Crippen molar-refractivity contribution in [3.05, 3.63) is 58.6 Å². The van der Waals surface area contributed by atoms with Crippen molar-refractivity contribution in [2.45, 2.75) is 33.4 Å². The Morgan fingerprint density at radius 3 is 2.12 bits per heavy atom. The number of nitrogens with one attached hydrogen (secondary N) is 1. The van der Waals surface area contributed by atoms with Gasteiger partial charge in [0, 0.05) is 17.6 Å². The Balaban J connectivity index is 2.34. The molecule has 2 aromatic carbocycles. The Morgan fingerprint density at radius 1 is 1.03 bits per heavy atom. The van der Waals surface area contributed by atoms with E-state index in [-0.39, 0.29) is 18.4 Å². The van der Waals surface area contributed by atoms with Crippen LogP contribution in [0.1, 0.15) is 26.3 Å². The van der Waals surface area contributed by atoms with Gasteiger partial charge in [-0.1, -0.05) is 41.9 Å². The standard InChI is InChI=1S/C24H32BrN3O5S/c1-17(2)14-26-24(30)18(3)27(15-19-6-12-22(33-4)13-7-19)23(29)16-28(34(5,31)32)21-10-8-20(25)9-11-21/h6-13,17-18H,14-16H2,1-5H3,(H,26,30). The fourth-order valence-electron chi connectivity index (χ4n) is 3.18. The minimum atomic E-state index is -3.76. The highest BCUT2D eigenvalue weighted by Gasteiger charge is 2.30. The van der Waals surface area contributed by atoms with Gasteiger partial charge in [-0.15, -0.1) is 0 Å². The lowest BCUT2D eigenvalue weighted by Crippen LogP contribution is -2.51. The van der Waals surface area contributed by atoms with E-state index in [0.717, 1.165) is 20.6 Å². The summed E-state index contributed by atoms with van der Waals surface area (Å²) in [6, 6.07) is 13.0. The minimum Gasteiger partial charge on any atom is -0.497 e. The quantitative estimate of drug-likeness (QED) is 0.460. The lowest BCUT2D eigenvalue weighted by Gasteiger charge is -2.31. The maximum absolute atomic E-state index is 13.5. The molecule has 8 nitrogen and oxygen atoms in total. The number of sulfonamides is 1. The summed E-state index contributed by atoms with van der Waals surface area (Å²) in [6.45, 7) is 5.78. The molecule has 0 spiro atoms. The largest absolute Gasteiger partial charge is 0.497 e. The summed E-state index contributed by atoms with van der Waals surface area (Å²) in [5.74, 6) is 0.129. The summed E-state index contributed by atoms with van der Waals surface area (Å²) >= 11 is 3.33. The Bertz CT molecular complexity index is 1070. The number of nitrogens with zero attached hydrogens (tertiary/aromatic N) is 2. The second-order valence-corrected chi connectivity index (χ2v) is 11.3. The van der Waals surface area contributed by atoms with Crippen molar-refractivity contribution in [3.63, 3.8) is 0 Å². The molecule has 1 atom stereocenters. The number of methoxy groups -OCH3 is 1. The van der Waals surface area contributed by atoms with Crippen LogP contribution in [0.3, 0.4) is 0 Å². The van der Waals surface area contributed by atoms with Crippen LogP contribution in [0.2, 0.25) is 0 Å². The highest BCUT2D eigenvalue weighted by molar-refractivity contribution is 9.10. The average molecular weight is 555 g/mol. The van der Waals surface area contributed by atoms with Gasteiger partial charge in [0.2, 0.25) is 21.8 Å². The first-order valence-corrected chi connectivity index (χ1v) is 13.5. The van der Waals surface area contributed by atoms with Gasteiger partial charge in [-0.05, 0) is 54.8 Å². The summed E-state index contributed by atoms with van der Waals surface area (Å²) < 4.78 is 32.1. The second kappa shape index (κ2) is 12.2. The minimum absolute atomic E-state index is 0.136. The molecule has 2 amide bonds. The highest BCUT2D eigenvalue weighted by atomic mass is 79.9. The second-order valence-electron chi connectivity index (χ2n) is 8.43. The van der Waals surface area contributed by atoms with Gasteiger partial charge < -0.3 is 15.0 Å². The number of anilines is 1. The Morgan fingerprint density at radius 2 is 1.62 bits per heavy atom. The molecule has 0 aliphatic rings. The number of carbonyl (C=O) groups is 2. The maximum atomic E-state index is 13.5. The van der Waals surface area contributed by atoms with E-state index in [1.165, 1.54) is 4.90 Å². The number of hydrogen-bond donors (Lipinski definition) is 1. The van der Waals surface area contributed by atoms with Crippen LogP contribution >= 0.6 is 15.9 Å². The fraction of sp³-hybridized carbons (Fsp3) is 0.417.